The molecule has 1 aromatic heterocycles. The smallest absolute Gasteiger partial charge is 0.114 e. The Morgan fingerprint density at radius 1 is 1.41 bits per heavy atom. The third-order valence-electron chi connectivity index (χ3n) is 2.85. The summed E-state index contributed by atoms with van der Waals surface area (Å²) in [5.41, 5.74) is 1.71. The molecule has 0 saturated carbocycles. The number of nitrogens with zero attached hydrogens (tertiary/aromatic N) is 3. The zero-order valence-electron chi connectivity index (χ0n) is 8.90. The van der Waals surface area contributed by atoms with Gasteiger partial charge in [0.05, 0.1) is 17.3 Å². The lowest BCUT2D eigenvalue weighted by atomic mass is 10.1. The van der Waals surface area contributed by atoms with E-state index in [4.69, 9.17) is 11.6 Å². The first-order valence-corrected chi connectivity index (χ1v) is 6.49. The van der Waals surface area contributed by atoms with Crippen LogP contribution in [0.3, 0.4) is 0 Å². The normalized spacial score (nSPS) is 15.9. The molecule has 4 nitrogen and oxygen atoms in total. The third-order valence-corrected chi connectivity index (χ3v) is 3.67. The Balaban J connectivity index is 1.97. The monoisotopic (exact) mass is 312 g/mol. The topological polar surface area (TPSA) is 42.7 Å². The summed E-state index contributed by atoms with van der Waals surface area (Å²) in [6.45, 7) is 1.91. The van der Waals surface area contributed by atoms with Gasteiger partial charge in [-0.05, 0) is 18.2 Å². The van der Waals surface area contributed by atoms with Crippen LogP contribution in [0.4, 0.5) is 0 Å². The molecule has 1 aliphatic rings. The van der Waals surface area contributed by atoms with Crippen molar-refractivity contribution >= 4 is 27.5 Å². The number of rotatable bonds is 2. The summed E-state index contributed by atoms with van der Waals surface area (Å²) >= 11 is 9.59. The van der Waals surface area contributed by atoms with Gasteiger partial charge in [0.2, 0.25) is 0 Å². The van der Waals surface area contributed by atoms with E-state index in [-0.39, 0.29) is 0 Å². The van der Waals surface area contributed by atoms with Crippen LogP contribution >= 0.6 is 27.5 Å². The van der Waals surface area contributed by atoms with E-state index >= 15 is 0 Å². The quantitative estimate of drug-likeness (QED) is 0.926. The van der Waals surface area contributed by atoms with Crippen molar-refractivity contribution in [2.75, 3.05) is 13.1 Å². The number of halogens is 2. The minimum Gasteiger partial charge on any atom is -0.312 e. The van der Waals surface area contributed by atoms with Gasteiger partial charge in [-0.2, -0.15) is 0 Å². The molecule has 2 heterocycles. The van der Waals surface area contributed by atoms with Gasteiger partial charge < -0.3 is 5.32 Å². The summed E-state index contributed by atoms with van der Waals surface area (Å²) in [6.07, 6.45) is 1.94. The van der Waals surface area contributed by atoms with Gasteiger partial charge in [0.25, 0.3) is 0 Å². The molecule has 3 rings (SSSR count). The van der Waals surface area contributed by atoms with Crippen molar-refractivity contribution in [2.45, 2.75) is 6.04 Å². The molecule has 0 unspecified atom stereocenters. The van der Waals surface area contributed by atoms with Crippen LogP contribution in [-0.2, 0) is 0 Å². The maximum Gasteiger partial charge on any atom is 0.114 e. The molecule has 1 saturated heterocycles. The molecule has 88 valence electrons. The van der Waals surface area contributed by atoms with Gasteiger partial charge in [0.1, 0.15) is 5.69 Å². The number of hydrogen-bond acceptors (Lipinski definition) is 3. The summed E-state index contributed by atoms with van der Waals surface area (Å²) in [5, 5.41) is 12.2. The van der Waals surface area contributed by atoms with Crippen LogP contribution in [0, 0.1) is 0 Å². The van der Waals surface area contributed by atoms with Gasteiger partial charge in [-0.1, -0.05) is 32.7 Å². The van der Waals surface area contributed by atoms with Crippen molar-refractivity contribution in [1.82, 2.24) is 20.3 Å². The molecule has 0 amide bonds. The minimum absolute atomic E-state index is 0.419. The second-order valence-corrected chi connectivity index (χ2v) is 5.34. The third kappa shape index (κ3) is 2.10. The zero-order valence-corrected chi connectivity index (χ0v) is 11.2. The zero-order chi connectivity index (χ0) is 11.8. The van der Waals surface area contributed by atoms with Crippen LogP contribution in [0.2, 0.25) is 5.02 Å². The van der Waals surface area contributed by atoms with Crippen LogP contribution in [0.5, 0.6) is 0 Å². The molecular formula is C11H10BrClN4. The second-order valence-electron chi connectivity index (χ2n) is 4.02. The molecule has 0 radical (unpaired) electrons. The van der Waals surface area contributed by atoms with E-state index < -0.39 is 0 Å². The standard InChI is InChI=1S/C11H10BrClN4/c12-7-1-2-10(13)9(3-7)11-6-17(16-15-11)8-4-14-5-8/h1-3,6,8,14H,4-5H2. The average molecular weight is 314 g/mol. The van der Waals surface area contributed by atoms with Crippen LogP contribution in [0.1, 0.15) is 6.04 Å². The summed E-state index contributed by atoms with van der Waals surface area (Å²) in [7, 11) is 0. The fourth-order valence-electron chi connectivity index (χ4n) is 1.73. The molecule has 0 aliphatic carbocycles. The van der Waals surface area contributed by atoms with E-state index in [0.29, 0.717) is 11.1 Å². The Morgan fingerprint density at radius 3 is 2.94 bits per heavy atom. The second kappa shape index (κ2) is 4.40. The summed E-state index contributed by atoms with van der Waals surface area (Å²) in [6, 6.07) is 6.13. The average Bonchev–Trinajstić information content (AvgIpc) is 2.68. The maximum absolute atomic E-state index is 6.16. The molecule has 0 bridgehead atoms. The van der Waals surface area contributed by atoms with Gasteiger partial charge in [0, 0.05) is 23.1 Å². The van der Waals surface area contributed by atoms with E-state index in [9.17, 15) is 0 Å². The number of nitrogens with one attached hydrogen (secondary N) is 1. The number of hydrogen-bond donors (Lipinski definition) is 1. The van der Waals surface area contributed by atoms with E-state index in [0.717, 1.165) is 28.8 Å². The van der Waals surface area contributed by atoms with Crippen molar-refractivity contribution < 1.29 is 0 Å². The summed E-state index contributed by atoms with van der Waals surface area (Å²) < 4.78 is 2.88. The van der Waals surface area contributed by atoms with Crippen LogP contribution in [-0.4, -0.2) is 28.1 Å². The molecule has 1 N–H and O–H groups in total. The van der Waals surface area contributed by atoms with E-state index in [1.165, 1.54) is 0 Å². The fraction of sp³-hybridized carbons (Fsp3) is 0.273. The lowest BCUT2D eigenvalue weighted by molar-refractivity contribution is 0.313. The highest BCUT2D eigenvalue weighted by atomic mass is 79.9. The molecule has 0 atom stereocenters. The Bertz CT molecular complexity index is 550. The van der Waals surface area contributed by atoms with Crippen molar-refractivity contribution in [3.8, 4) is 11.3 Å². The van der Waals surface area contributed by atoms with E-state index in [1.807, 2.05) is 29.1 Å². The molecule has 0 spiro atoms. The number of benzene rings is 1. The Kier molecular flexibility index (Phi) is 2.90. The van der Waals surface area contributed by atoms with Gasteiger partial charge in [-0.3, -0.25) is 0 Å². The maximum atomic E-state index is 6.16. The Hall–Kier alpha value is -0.910. The first-order chi connectivity index (χ1) is 8.24. The fourth-order valence-corrected chi connectivity index (χ4v) is 2.31. The molecule has 6 heteroatoms. The highest BCUT2D eigenvalue weighted by molar-refractivity contribution is 9.10. The van der Waals surface area contributed by atoms with Crippen molar-refractivity contribution in [1.29, 1.82) is 0 Å². The predicted molar refractivity (Wildman–Crippen MR) is 70.1 cm³/mol. The van der Waals surface area contributed by atoms with Gasteiger partial charge in [-0.25, -0.2) is 4.68 Å². The van der Waals surface area contributed by atoms with Crippen LogP contribution < -0.4 is 5.32 Å². The molecule has 2 aromatic rings. The van der Waals surface area contributed by atoms with E-state index in [1.54, 1.807) is 0 Å². The van der Waals surface area contributed by atoms with E-state index in [2.05, 4.69) is 31.6 Å². The van der Waals surface area contributed by atoms with Crippen molar-refractivity contribution in [3.63, 3.8) is 0 Å². The Morgan fingerprint density at radius 2 is 2.24 bits per heavy atom. The van der Waals surface area contributed by atoms with Crippen LogP contribution in [0.15, 0.2) is 28.9 Å². The first-order valence-electron chi connectivity index (χ1n) is 5.32. The van der Waals surface area contributed by atoms with Crippen molar-refractivity contribution in [3.05, 3.63) is 33.9 Å². The van der Waals surface area contributed by atoms with Gasteiger partial charge in [-0.15, -0.1) is 5.10 Å². The predicted octanol–water partition coefficient (Wildman–Crippen LogP) is 2.51. The molecule has 17 heavy (non-hydrogen) atoms. The highest BCUT2D eigenvalue weighted by Gasteiger charge is 2.20. The van der Waals surface area contributed by atoms with Crippen LogP contribution in [0.25, 0.3) is 11.3 Å². The van der Waals surface area contributed by atoms with Gasteiger partial charge >= 0.3 is 0 Å². The summed E-state index contributed by atoms with van der Waals surface area (Å²) in [5.74, 6) is 0. The molecule has 1 aliphatic heterocycles. The molecule has 1 aromatic carbocycles. The largest absolute Gasteiger partial charge is 0.312 e. The highest BCUT2D eigenvalue weighted by Crippen LogP contribution is 2.29. The first kappa shape index (κ1) is 11.2. The SMILES string of the molecule is Clc1ccc(Br)cc1-c1cn(C2CNC2)nn1. The molecular weight excluding hydrogens is 304 g/mol. The number of aromatic nitrogens is 3. The lowest BCUT2D eigenvalue weighted by Gasteiger charge is -2.26. The van der Waals surface area contributed by atoms with Gasteiger partial charge in [0.15, 0.2) is 0 Å². The lowest BCUT2D eigenvalue weighted by Crippen LogP contribution is -2.43. The van der Waals surface area contributed by atoms with Crippen molar-refractivity contribution in [2.24, 2.45) is 0 Å². The summed E-state index contributed by atoms with van der Waals surface area (Å²) in [4.78, 5) is 0. The Labute approximate surface area is 112 Å². The minimum atomic E-state index is 0.419. The molecule has 1 fully saturated rings.